The highest BCUT2D eigenvalue weighted by Gasteiger charge is 2.27. The summed E-state index contributed by atoms with van der Waals surface area (Å²) < 4.78 is 27.6. The molecular formula is C12H25N5O2S. The summed E-state index contributed by atoms with van der Waals surface area (Å²) in [6, 6.07) is -0.183. The van der Waals surface area contributed by atoms with E-state index in [1.165, 1.54) is 0 Å². The zero-order valence-corrected chi connectivity index (χ0v) is 13.6. The van der Waals surface area contributed by atoms with Gasteiger partial charge >= 0.3 is 0 Å². The molecule has 1 heterocycles. The summed E-state index contributed by atoms with van der Waals surface area (Å²) in [5.74, 6) is 0.175. The van der Waals surface area contributed by atoms with Gasteiger partial charge in [-0.15, -0.1) is 0 Å². The van der Waals surface area contributed by atoms with Gasteiger partial charge in [0.25, 0.3) is 10.0 Å². The highest BCUT2D eigenvalue weighted by atomic mass is 32.2. The van der Waals surface area contributed by atoms with Gasteiger partial charge in [0.1, 0.15) is 0 Å². The molecule has 1 atom stereocenters. The van der Waals surface area contributed by atoms with Gasteiger partial charge < -0.3 is 10.6 Å². The Morgan fingerprint density at radius 2 is 2.00 bits per heavy atom. The maximum atomic E-state index is 12.5. The summed E-state index contributed by atoms with van der Waals surface area (Å²) in [6.45, 7) is 6.48. The van der Waals surface area contributed by atoms with Crippen LogP contribution in [0.15, 0.2) is 5.03 Å². The average molecular weight is 303 g/mol. The van der Waals surface area contributed by atoms with Crippen LogP contribution in [-0.4, -0.2) is 50.2 Å². The number of likely N-dealkylation sites (N-methyl/N-ethyl adjacent to an activating group) is 1. The number of aromatic nitrogens is 2. The fourth-order valence-corrected chi connectivity index (χ4v) is 3.51. The van der Waals surface area contributed by atoms with Gasteiger partial charge in [-0.3, -0.25) is 5.10 Å². The van der Waals surface area contributed by atoms with Gasteiger partial charge in [-0.1, -0.05) is 13.8 Å². The van der Waals surface area contributed by atoms with E-state index in [0.717, 1.165) is 0 Å². The molecular weight excluding hydrogens is 278 g/mol. The zero-order valence-electron chi connectivity index (χ0n) is 12.8. The molecule has 1 unspecified atom stereocenters. The fourth-order valence-electron chi connectivity index (χ4n) is 1.93. The van der Waals surface area contributed by atoms with E-state index in [9.17, 15) is 8.42 Å². The first-order chi connectivity index (χ1) is 9.19. The van der Waals surface area contributed by atoms with Crippen molar-refractivity contribution in [3.63, 3.8) is 0 Å². The van der Waals surface area contributed by atoms with Gasteiger partial charge in [-0.25, -0.2) is 13.1 Å². The van der Waals surface area contributed by atoms with E-state index < -0.39 is 10.0 Å². The van der Waals surface area contributed by atoms with Gasteiger partial charge in [0.15, 0.2) is 5.03 Å². The van der Waals surface area contributed by atoms with Crippen molar-refractivity contribution in [3.8, 4) is 0 Å². The van der Waals surface area contributed by atoms with Crippen LogP contribution in [0.1, 0.15) is 25.1 Å². The summed E-state index contributed by atoms with van der Waals surface area (Å²) >= 11 is 0. The largest absolute Gasteiger partial charge is 0.326 e. The number of nitrogens with one attached hydrogen (secondary N) is 2. The van der Waals surface area contributed by atoms with Crippen LogP contribution in [0.5, 0.6) is 0 Å². The Labute approximate surface area is 121 Å². The molecule has 0 aromatic carbocycles. The lowest BCUT2D eigenvalue weighted by Gasteiger charge is -2.25. The molecule has 0 bridgehead atoms. The summed E-state index contributed by atoms with van der Waals surface area (Å²) in [6.07, 6.45) is 0. The average Bonchev–Trinajstić information content (AvgIpc) is 2.69. The monoisotopic (exact) mass is 303 g/mol. The van der Waals surface area contributed by atoms with Gasteiger partial charge in [0.2, 0.25) is 0 Å². The van der Waals surface area contributed by atoms with Crippen molar-refractivity contribution >= 4 is 10.0 Å². The van der Waals surface area contributed by atoms with E-state index in [1.807, 2.05) is 32.8 Å². The minimum atomic E-state index is -3.67. The number of hydrogen-bond acceptors (Lipinski definition) is 5. The van der Waals surface area contributed by atoms with Crippen LogP contribution in [0.4, 0.5) is 0 Å². The minimum absolute atomic E-state index is 0.00176. The molecule has 1 rings (SSSR count). The second kappa shape index (κ2) is 6.66. The first-order valence-corrected chi connectivity index (χ1v) is 8.08. The van der Waals surface area contributed by atoms with Crippen LogP contribution in [0, 0.1) is 12.8 Å². The fraction of sp³-hybridized carbons (Fsp3) is 0.750. The van der Waals surface area contributed by atoms with E-state index in [2.05, 4.69) is 14.9 Å². The van der Waals surface area contributed by atoms with Gasteiger partial charge in [0, 0.05) is 30.4 Å². The summed E-state index contributed by atoms with van der Waals surface area (Å²) in [4.78, 5) is 1.95. The highest BCUT2D eigenvalue weighted by molar-refractivity contribution is 7.89. The molecule has 4 N–H and O–H groups in total. The van der Waals surface area contributed by atoms with Crippen LogP contribution >= 0.6 is 0 Å². The molecule has 0 amide bonds. The molecule has 0 saturated heterocycles. The maximum Gasteiger partial charge on any atom is 0.260 e. The van der Waals surface area contributed by atoms with E-state index in [-0.39, 0.29) is 23.5 Å². The second-order valence-electron chi connectivity index (χ2n) is 5.57. The lowest BCUT2D eigenvalue weighted by Crippen LogP contribution is -2.45. The zero-order chi connectivity index (χ0) is 15.5. The molecule has 7 nitrogen and oxygen atoms in total. The topological polar surface area (TPSA) is 104 Å². The Morgan fingerprint density at radius 3 is 2.45 bits per heavy atom. The lowest BCUT2D eigenvalue weighted by atomic mass is 10.1. The summed E-state index contributed by atoms with van der Waals surface area (Å²) in [7, 11) is 0.150. The number of aryl methyl sites for hydroxylation is 1. The van der Waals surface area contributed by atoms with Crippen LogP contribution in [-0.2, 0) is 16.6 Å². The molecule has 0 aliphatic rings. The molecule has 0 spiro atoms. The lowest BCUT2D eigenvalue weighted by molar-refractivity contribution is 0.314. The van der Waals surface area contributed by atoms with Gasteiger partial charge in [-0.2, -0.15) is 5.10 Å². The number of nitrogens with two attached hydrogens (primary N) is 1. The van der Waals surface area contributed by atoms with E-state index in [1.54, 1.807) is 6.92 Å². The van der Waals surface area contributed by atoms with Crippen molar-refractivity contribution in [2.24, 2.45) is 11.7 Å². The van der Waals surface area contributed by atoms with Crippen molar-refractivity contribution in [1.29, 1.82) is 0 Å². The molecule has 0 saturated carbocycles. The quantitative estimate of drug-likeness (QED) is 0.660. The Balaban J connectivity index is 3.03. The van der Waals surface area contributed by atoms with Crippen molar-refractivity contribution in [2.75, 3.05) is 20.6 Å². The number of rotatable bonds is 7. The normalized spacial score (nSPS) is 14.2. The molecule has 1 aromatic rings. The third-order valence-corrected chi connectivity index (χ3v) is 4.63. The molecule has 116 valence electrons. The molecule has 1 aromatic heterocycles. The minimum Gasteiger partial charge on any atom is -0.326 e. The number of H-pyrrole nitrogens is 1. The van der Waals surface area contributed by atoms with E-state index >= 15 is 0 Å². The standard InChI is InChI=1S/C12H25N5O2S/c1-8(2)11(7-17(4)5)16-20(18,19)12-10(6-13)9(3)14-15-12/h8,11,16H,6-7,13H2,1-5H3,(H,14,15). The second-order valence-corrected chi connectivity index (χ2v) is 7.20. The molecule has 0 aliphatic heterocycles. The van der Waals surface area contributed by atoms with Crippen molar-refractivity contribution in [1.82, 2.24) is 19.8 Å². The van der Waals surface area contributed by atoms with Crippen LogP contribution in [0.3, 0.4) is 0 Å². The summed E-state index contributed by atoms with van der Waals surface area (Å²) in [5.41, 5.74) is 6.82. The van der Waals surface area contributed by atoms with Crippen molar-refractivity contribution in [3.05, 3.63) is 11.3 Å². The first kappa shape index (κ1) is 17.1. The van der Waals surface area contributed by atoms with Crippen LogP contribution < -0.4 is 10.5 Å². The smallest absolute Gasteiger partial charge is 0.260 e. The Hall–Kier alpha value is -0.960. The van der Waals surface area contributed by atoms with Crippen LogP contribution in [0.2, 0.25) is 0 Å². The van der Waals surface area contributed by atoms with E-state index in [4.69, 9.17) is 5.73 Å². The van der Waals surface area contributed by atoms with Gasteiger partial charge in [0.05, 0.1) is 0 Å². The predicted molar refractivity (Wildman–Crippen MR) is 78.7 cm³/mol. The number of nitrogens with zero attached hydrogens (tertiary/aromatic N) is 2. The number of hydrogen-bond donors (Lipinski definition) is 3. The SMILES string of the molecule is Cc1[nH]nc(S(=O)(=O)NC(CN(C)C)C(C)C)c1CN. The number of sulfonamides is 1. The Kier molecular flexibility index (Phi) is 5.69. The molecule has 0 radical (unpaired) electrons. The number of aromatic amines is 1. The summed E-state index contributed by atoms with van der Waals surface area (Å²) in [5, 5.41) is 6.56. The predicted octanol–water partition coefficient (Wildman–Crippen LogP) is 0.0413. The van der Waals surface area contributed by atoms with Crippen molar-refractivity contribution < 1.29 is 8.42 Å². The third kappa shape index (κ3) is 4.02. The Bertz CT molecular complexity index is 536. The molecule has 0 aliphatic carbocycles. The third-order valence-electron chi connectivity index (χ3n) is 3.17. The molecule has 0 fully saturated rings. The molecule has 20 heavy (non-hydrogen) atoms. The highest BCUT2D eigenvalue weighted by Crippen LogP contribution is 2.17. The van der Waals surface area contributed by atoms with Crippen molar-refractivity contribution in [2.45, 2.75) is 38.4 Å². The first-order valence-electron chi connectivity index (χ1n) is 6.60. The maximum absolute atomic E-state index is 12.5. The van der Waals surface area contributed by atoms with Gasteiger partial charge in [-0.05, 0) is 26.9 Å². The van der Waals surface area contributed by atoms with Crippen LogP contribution in [0.25, 0.3) is 0 Å². The Morgan fingerprint density at radius 1 is 1.40 bits per heavy atom. The van der Waals surface area contributed by atoms with E-state index in [0.29, 0.717) is 17.8 Å². The molecule has 8 heteroatoms.